The normalized spacial score (nSPS) is 13.6. The van der Waals surface area contributed by atoms with Crippen molar-refractivity contribution in [3.8, 4) is 0 Å². The summed E-state index contributed by atoms with van der Waals surface area (Å²) in [6.07, 6.45) is 10.4. The number of nitrogens with two attached hydrogens (primary N) is 1. The van der Waals surface area contributed by atoms with Gasteiger partial charge in [0, 0.05) is 13.0 Å². The summed E-state index contributed by atoms with van der Waals surface area (Å²) in [6, 6.07) is 9.55. The zero-order valence-electron chi connectivity index (χ0n) is 20.3. The van der Waals surface area contributed by atoms with Crippen LogP contribution in [0.1, 0.15) is 69.1 Å². The van der Waals surface area contributed by atoms with Crippen molar-refractivity contribution >= 4 is 11.5 Å². The standard InChI is InChI=1S/C26H34N6O3/c1-2-3-14-22-28-21(30-35-22)18-31(16-15-19-10-6-4-7-11-19)23-24(27)32(26(34)29-25(23)33)17-20-12-8-5-9-13-20/h5,8-10,12-13H,2-4,6-7,11,14-18,27H2,1H3,(H,29,33,34). The van der Waals surface area contributed by atoms with E-state index in [1.54, 1.807) is 0 Å². The number of H-pyrrole nitrogens is 1. The third kappa shape index (κ3) is 6.29. The zero-order valence-corrected chi connectivity index (χ0v) is 20.3. The number of hydrogen-bond donors (Lipinski definition) is 2. The van der Waals surface area contributed by atoms with Crippen LogP contribution in [0.4, 0.5) is 11.5 Å². The molecule has 0 aliphatic heterocycles. The van der Waals surface area contributed by atoms with E-state index in [0.717, 1.165) is 44.1 Å². The van der Waals surface area contributed by atoms with Gasteiger partial charge in [-0.3, -0.25) is 14.3 Å². The van der Waals surface area contributed by atoms with Crippen molar-refractivity contribution < 1.29 is 4.52 Å². The molecule has 186 valence electrons. The van der Waals surface area contributed by atoms with E-state index in [9.17, 15) is 9.59 Å². The zero-order chi connectivity index (χ0) is 24.6. The predicted molar refractivity (Wildman–Crippen MR) is 136 cm³/mol. The van der Waals surface area contributed by atoms with Gasteiger partial charge in [-0.1, -0.05) is 60.5 Å². The van der Waals surface area contributed by atoms with Crippen LogP contribution in [0, 0.1) is 0 Å². The molecule has 0 fully saturated rings. The van der Waals surface area contributed by atoms with Crippen molar-refractivity contribution in [2.24, 2.45) is 0 Å². The number of nitrogen functional groups attached to an aromatic ring is 1. The Morgan fingerprint density at radius 2 is 2.00 bits per heavy atom. The fourth-order valence-corrected chi connectivity index (χ4v) is 4.44. The molecule has 0 unspecified atom stereocenters. The molecule has 2 aromatic heterocycles. The molecule has 0 bridgehead atoms. The topological polar surface area (TPSA) is 123 Å². The van der Waals surface area contributed by atoms with Crippen LogP contribution in [0.15, 0.2) is 56.1 Å². The number of benzene rings is 1. The predicted octanol–water partition coefficient (Wildman–Crippen LogP) is 3.79. The van der Waals surface area contributed by atoms with Gasteiger partial charge in [-0.05, 0) is 44.1 Å². The van der Waals surface area contributed by atoms with Gasteiger partial charge in [-0.15, -0.1) is 0 Å². The molecule has 0 saturated carbocycles. The van der Waals surface area contributed by atoms with Crippen LogP contribution < -0.4 is 21.9 Å². The molecule has 0 atom stereocenters. The SMILES string of the molecule is CCCCc1nc(CN(CCC2=CCCCC2)c2c(N)n(Cc3ccccc3)c(=O)[nH]c2=O)no1. The van der Waals surface area contributed by atoms with Crippen LogP contribution >= 0.6 is 0 Å². The van der Waals surface area contributed by atoms with Crippen LogP contribution in [-0.2, 0) is 19.5 Å². The van der Waals surface area contributed by atoms with E-state index in [0.29, 0.717) is 18.3 Å². The Kier molecular flexibility index (Phi) is 8.18. The van der Waals surface area contributed by atoms with E-state index in [2.05, 4.69) is 28.1 Å². The minimum atomic E-state index is -0.531. The van der Waals surface area contributed by atoms with Crippen LogP contribution in [0.25, 0.3) is 0 Å². The molecular formula is C26H34N6O3. The summed E-state index contributed by atoms with van der Waals surface area (Å²) in [7, 11) is 0. The first kappa shape index (κ1) is 24.5. The molecule has 1 aliphatic carbocycles. The minimum Gasteiger partial charge on any atom is -0.383 e. The van der Waals surface area contributed by atoms with Gasteiger partial charge in [-0.25, -0.2) is 4.79 Å². The lowest BCUT2D eigenvalue weighted by Gasteiger charge is -2.26. The van der Waals surface area contributed by atoms with Crippen LogP contribution in [0.5, 0.6) is 0 Å². The number of anilines is 2. The third-order valence-corrected chi connectivity index (χ3v) is 6.39. The number of unbranched alkanes of at least 4 members (excludes halogenated alkanes) is 1. The lowest BCUT2D eigenvalue weighted by Crippen LogP contribution is -2.39. The van der Waals surface area contributed by atoms with E-state index >= 15 is 0 Å². The lowest BCUT2D eigenvalue weighted by atomic mass is 9.97. The summed E-state index contributed by atoms with van der Waals surface area (Å²) in [5.74, 6) is 1.22. The van der Waals surface area contributed by atoms with Crippen molar-refractivity contribution in [2.75, 3.05) is 17.2 Å². The number of nitrogens with zero attached hydrogens (tertiary/aromatic N) is 4. The molecule has 3 N–H and O–H groups in total. The monoisotopic (exact) mass is 478 g/mol. The van der Waals surface area contributed by atoms with Gasteiger partial charge < -0.3 is 15.2 Å². The molecule has 0 saturated heterocycles. The maximum absolute atomic E-state index is 13.0. The van der Waals surface area contributed by atoms with E-state index in [4.69, 9.17) is 10.3 Å². The van der Waals surface area contributed by atoms with E-state index in [1.165, 1.54) is 23.0 Å². The molecule has 0 spiro atoms. The minimum absolute atomic E-state index is 0.134. The average molecular weight is 479 g/mol. The number of aryl methyl sites for hydroxylation is 1. The van der Waals surface area contributed by atoms with Gasteiger partial charge in [-0.2, -0.15) is 4.98 Å². The summed E-state index contributed by atoms with van der Waals surface area (Å²) in [6.45, 7) is 3.19. The second-order valence-corrected chi connectivity index (χ2v) is 9.05. The highest BCUT2D eigenvalue weighted by Gasteiger charge is 2.22. The van der Waals surface area contributed by atoms with Gasteiger partial charge in [0.15, 0.2) is 5.82 Å². The van der Waals surface area contributed by atoms with Gasteiger partial charge in [0.2, 0.25) is 5.89 Å². The lowest BCUT2D eigenvalue weighted by molar-refractivity contribution is 0.369. The maximum atomic E-state index is 13.0. The van der Waals surface area contributed by atoms with E-state index in [-0.39, 0.29) is 24.6 Å². The smallest absolute Gasteiger partial charge is 0.330 e. The number of rotatable bonds is 11. The average Bonchev–Trinajstić information content (AvgIpc) is 3.32. The van der Waals surface area contributed by atoms with E-state index < -0.39 is 11.2 Å². The van der Waals surface area contributed by atoms with E-state index in [1.807, 2.05) is 35.2 Å². The Bertz CT molecular complexity index is 1260. The quantitative estimate of drug-likeness (QED) is 0.402. The molecule has 2 heterocycles. The Labute approximate surface area is 204 Å². The van der Waals surface area contributed by atoms with Crippen LogP contribution in [-0.4, -0.2) is 26.2 Å². The fourth-order valence-electron chi connectivity index (χ4n) is 4.44. The largest absolute Gasteiger partial charge is 0.383 e. The molecule has 1 aliphatic rings. The molecule has 35 heavy (non-hydrogen) atoms. The second kappa shape index (κ2) is 11.7. The fraction of sp³-hybridized carbons (Fsp3) is 0.462. The van der Waals surface area contributed by atoms with Gasteiger partial charge in [0.1, 0.15) is 11.5 Å². The number of aromatic amines is 1. The third-order valence-electron chi connectivity index (χ3n) is 6.39. The van der Waals surface area contributed by atoms with Crippen molar-refractivity contribution in [2.45, 2.75) is 71.4 Å². The van der Waals surface area contributed by atoms with Crippen molar-refractivity contribution in [1.82, 2.24) is 19.7 Å². The summed E-state index contributed by atoms with van der Waals surface area (Å²) in [5.41, 5.74) is 8.00. The van der Waals surface area contributed by atoms with Gasteiger partial charge in [0.05, 0.1) is 13.1 Å². The molecule has 9 heteroatoms. The number of allylic oxidation sites excluding steroid dienone is 1. The first-order chi connectivity index (χ1) is 17.0. The van der Waals surface area contributed by atoms with Gasteiger partial charge in [0.25, 0.3) is 5.56 Å². The highest BCUT2D eigenvalue weighted by atomic mass is 16.5. The number of aromatic nitrogens is 4. The molecule has 0 amide bonds. The van der Waals surface area contributed by atoms with Crippen LogP contribution in [0.3, 0.4) is 0 Å². The number of hydrogen-bond acceptors (Lipinski definition) is 7. The molecule has 0 radical (unpaired) electrons. The summed E-state index contributed by atoms with van der Waals surface area (Å²) in [4.78, 5) is 34.5. The van der Waals surface area contributed by atoms with Crippen molar-refractivity contribution in [3.63, 3.8) is 0 Å². The molecule has 3 aromatic rings. The summed E-state index contributed by atoms with van der Waals surface area (Å²) < 4.78 is 6.81. The first-order valence-electron chi connectivity index (χ1n) is 12.5. The highest BCUT2D eigenvalue weighted by Crippen LogP contribution is 2.24. The van der Waals surface area contributed by atoms with Crippen molar-refractivity contribution in [1.29, 1.82) is 0 Å². The van der Waals surface area contributed by atoms with Crippen molar-refractivity contribution in [3.05, 3.63) is 80.1 Å². The molecule has 1 aromatic carbocycles. The molecule has 9 nitrogen and oxygen atoms in total. The Hall–Kier alpha value is -3.62. The maximum Gasteiger partial charge on any atom is 0.330 e. The Morgan fingerprint density at radius 3 is 2.74 bits per heavy atom. The summed E-state index contributed by atoms with van der Waals surface area (Å²) in [5, 5.41) is 4.13. The molecule has 4 rings (SSSR count). The summed E-state index contributed by atoms with van der Waals surface area (Å²) >= 11 is 0. The van der Waals surface area contributed by atoms with Crippen LogP contribution in [0.2, 0.25) is 0 Å². The Morgan fingerprint density at radius 1 is 1.17 bits per heavy atom. The second-order valence-electron chi connectivity index (χ2n) is 9.05. The number of nitrogens with one attached hydrogen (secondary N) is 1. The Balaban J connectivity index is 1.66. The van der Waals surface area contributed by atoms with Gasteiger partial charge >= 0.3 is 5.69 Å². The highest BCUT2D eigenvalue weighted by molar-refractivity contribution is 5.62. The molecular weight excluding hydrogens is 444 g/mol. The first-order valence-corrected chi connectivity index (χ1v) is 12.5.